The number of hydrogen-bond donors (Lipinski definition) is 1. The van der Waals surface area contributed by atoms with Crippen molar-refractivity contribution in [2.24, 2.45) is 10.9 Å². The van der Waals surface area contributed by atoms with Crippen molar-refractivity contribution in [2.45, 2.75) is 20.8 Å². The summed E-state index contributed by atoms with van der Waals surface area (Å²) in [6, 6.07) is 12.8. The summed E-state index contributed by atoms with van der Waals surface area (Å²) in [7, 11) is 0. The highest BCUT2D eigenvalue weighted by atomic mass is 35.5. The van der Waals surface area contributed by atoms with E-state index in [0.29, 0.717) is 40.5 Å². The van der Waals surface area contributed by atoms with E-state index in [9.17, 15) is 9.90 Å². The van der Waals surface area contributed by atoms with Crippen molar-refractivity contribution in [1.29, 1.82) is 0 Å². The maximum absolute atomic E-state index is 13.1. The number of phenolic OH excluding ortho intramolecular Hbond substituents is 1. The largest absolute Gasteiger partial charge is 0.503 e. The van der Waals surface area contributed by atoms with Crippen LogP contribution in [0.1, 0.15) is 26.3 Å². The maximum atomic E-state index is 13.1. The van der Waals surface area contributed by atoms with Gasteiger partial charge in [0.2, 0.25) is 0 Å². The molecule has 0 aromatic heterocycles. The normalized spacial score (nSPS) is 17.0. The van der Waals surface area contributed by atoms with Crippen LogP contribution >= 0.6 is 23.4 Å². The van der Waals surface area contributed by atoms with Gasteiger partial charge < -0.3 is 9.84 Å². The smallest absolute Gasteiger partial charge is 0.266 e. The Labute approximate surface area is 180 Å². The Kier molecular flexibility index (Phi) is 6.87. The number of thioether (sulfide) groups is 1. The number of para-hydroxylation sites is 1. The molecule has 1 fully saturated rings. The number of rotatable bonds is 6. The molecule has 1 amide bonds. The van der Waals surface area contributed by atoms with Crippen molar-refractivity contribution in [2.75, 3.05) is 13.2 Å². The van der Waals surface area contributed by atoms with Gasteiger partial charge in [0.1, 0.15) is 0 Å². The SMILES string of the molecule is CCOc1cc(C=C2SC(=Nc3ccccc3)N(CC(C)C)C2=O)cc(Cl)c1O. The Morgan fingerprint density at radius 3 is 2.66 bits per heavy atom. The minimum absolute atomic E-state index is 0.0967. The van der Waals surface area contributed by atoms with E-state index in [2.05, 4.69) is 18.8 Å². The molecule has 0 bridgehead atoms. The highest BCUT2D eigenvalue weighted by Gasteiger charge is 2.33. The summed E-state index contributed by atoms with van der Waals surface area (Å²) in [6.07, 6.45) is 1.75. The Morgan fingerprint density at radius 1 is 1.28 bits per heavy atom. The van der Waals surface area contributed by atoms with Gasteiger partial charge >= 0.3 is 0 Å². The van der Waals surface area contributed by atoms with Crippen LogP contribution in [0, 0.1) is 5.92 Å². The lowest BCUT2D eigenvalue weighted by Gasteiger charge is -2.17. The number of aliphatic imine (C=N–C) groups is 1. The number of nitrogens with zero attached hydrogens (tertiary/aromatic N) is 2. The molecule has 1 aliphatic rings. The summed E-state index contributed by atoms with van der Waals surface area (Å²) >= 11 is 7.45. The van der Waals surface area contributed by atoms with E-state index in [0.717, 1.165) is 5.69 Å². The van der Waals surface area contributed by atoms with Crippen LogP contribution in [0.5, 0.6) is 11.5 Å². The molecule has 1 N–H and O–H groups in total. The predicted octanol–water partition coefficient (Wildman–Crippen LogP) is 5.70. The van der Waals surface area contributed by atoms with E-state index in [1.165, 1.54) is 11.8 Å². The van der Waals surface area contributed by atoms with Crippen molar-refractivity contribution < 1.29 is 14.6 Å². The van der Waals surface area contributed by atoms with Gasteiger partial charge in [-0.2, -0.15) is 0 Å². The quantitative estimate of drug-likeness (QED) is 0.596. The highest BCUT2D eigenvalue weighted by Crippen LogP contribution is 2.38. The zero-order valence-electron chi connectivity index (χ0n) is 16.6. The van der Waals surface area contributed by atoms with Crippen molar-refractivity contribution in [1.82, 2.24) is 4.90 Å². The molecule has 29 heavy (non-hydrogen) atoms. The molecule has 1 saturated heterocycles. The standard InChI is InChI=1S/C22H23ClN2O3S/c1-4-28-18-11-15(10-17(23)20(18)26)12-19-21(27)25(13-14(2)3)22(29-19)24-16-8-6-5-7-9-16/h5-12,14,26H,4,13H2,1-3H3. The molecule has 7 heteroatoms. The molecule has 1 aliphatic heterocycles. The van der Waals surface area contributed by atoms with Gasteiger partial charge in [0.15, 0.2) is 16.7 Å². The zero-order valence-corrected chi connectivity index (χ0v) is 18.1. The van der Waals surface area contributed by atoms with Crippen molar-refractivity contribution >= 4 is 46.2 Å². The van der Waals surface area contributed by atoms with Crippen LogP contribution in [-0.4, -0.2) is 34.2 Å². The third-order valence-corrected chi connectivity index (χ3v) is 5.36. The van der Waals surface area contributed by atoms with Gasteiger partial charge in [0.25, 0.3) is 5.91 Å². The van der Waals surface area contributed by atoms with Gasteiger partial charge in [-0.05, 0) is 60.5 Å². The molecular weight excluding hydrogens is 408 g/mol. The first-order valence-corrected chi connectivity index (χ1v) is 10.6. The third kappa shape index (κ3) is 5.14. The molecule has 0 radical (unpaired) electrons. The minimum Gasteiger partial charge on any atom is -0.503 e. The third-order valence-electron chi connectivity index (χ3n) is 4.07. The lowest BCUT2D eigenvalue weighted by atomic mass is 10.1. The second kappa shape index (κ2) is 9.37. The van der Waals surface area contributed by atoms with Crippen molar-refractivity contribution in [3.63, 3.8) is 0 Å². The van der Waals surface area contributed by atoms with E-state index >= 15 is 0 Å². The molecular formula is C22H23ClN2O3S. The van der Waals surface area contributed by atoms with Crippen LogP contribution in [0.25, 0.3) is 6.08 Å². The fourth-order valence-corrected chi connectivity index (χ4v) is 4.05. The average molecular weight is 431 g/mol. The second-order valence-corrected chi connectivity index (χ2v) is 8.35. The monoisotopic (exact) mass is 430 g/mol. The summed E-state index contributed by atoms with van der Waals surface area (Å²) in [5.41, 5.74) is 1.47. The second-order valence-electron chi connectivity index (χ2n) is 6.93. The summed E-state index contributed by atoms with van der Waals surface area (Å²) in [5, 5.41) is 10.9. The number of halogens is 1. The molecule has 152 valence electrons. The first kappa shape index (κ1) is 21.3. The number of benzene rings is 2. The molecule has 1 heterocycles. The van der Waals surface area contributed by atoms with Crippen LogP contribution in [-0.2, 0) is 4.79 Å². The molecule has 0 atom stereocenters. The molecule has 5 nitrogen and oxygen atoms in total. The number of phenols is 1. The van der Waals surface area contributed by atoms with Crippen LogP contribution in [0.15, 0.2) is 52.4 Å². The summed E-state index contributed by atoms with van der Waals surface area (Å²) in [4.78, 5) is 20.0. The predicted molar refractivity (Wildman–Crippen MR) is 120 cm³/mol. The topological polar surface area (TPSA) is 62.1 Å². The van der Waals surface area contributed by atoms with Crippen molar-refractivity contribution in [3.05, 3.63) is 58.0 Å². The van der Waals surface area contributed by atoms with Gasteiger partial charge in [-0.3, -0.25) is 9.69 Å². The molecule has 0 saturated carbocycles. The minimum atomic E-state index is -0.103. The Hall–Kier alpha value is -2.44. The molecule has 3 rings (SSSR count). The lowest BCUT2D eigenvalue weighted by Crippen LogP contribution is -2.32. The first-order chi connectivity index (χ1) is 13.9. The summed E-state index contributed by atoms with van der Waals surface area (Å²) in [6.45, 7) is 6.93. The number of amides is 1. The van der Waals surface area contributed by atoms with Crippen LogP contribution < -0.4 is 4.74 Å². The molecule has 2 aromatic rings. The Bertz CT molecular complexity index is 958. The van der Waals surface area contributed by atoms with Crippen LogP contribution in [0.3, 0.4) is 0 Å². The van der Waals surface area contributed by atoms with Crippen LogP contribution in [0.4, 0.5) is 5.69 Å². The van der Waals surface area contributed by atoms with Gasteiger partial charge in [-0.25, -0.2) is 4.99 Å². The van der Waals surface area contributed by atoms with E-state index in [-0.39, 0.29) is 16.7 Å². The summed E-state index contributed by atoms with van der Waals surface area (Å²) < 4.78 is 5.43. The zero-order chi connectivity index (χ0) is 21.0. The van der Waals surface area contributed by atoms with Gasteiger partial charge in [0.05, 0.1) is 22.2 Å². The number of carbonyl (C=O) groups excluding carboxylic acids is 1. The van der Waals surface area contributed by atoms with Gasteiger partial charge in [0, 0.05) is 6.54 Å². The molecule has 0 spiro atoms. The highest BCUT2D eigenvalue weighted by molar-refractivity contribution is 8.18. The van der Waals surface area contributed by atoms with Crippen LogP contribution in [0.2, 0.25) is 5.02 Å². The van der Waals surface area contributed by atoms with E-state index in [4.69, 9.17) is 16.3 Å². The van der Waals surface area contributed by atoms with Crippen molar-refractivity contribution in [3.8, 4) is 11.5 Å². The summed E-state index contributed by atoms with van der Waals surface area (Å²) in [5.74, 6) is 0.390. The fraction of sp³-hybridized carbons (Fsp3) is 0.273. The van der Waals surface area contributed by atoms with Gasteiger partial charge in [-0.1, -0.05) is 43.6 Å². The fourth-order valence-electron chi connectivity index (χ4n) is 2.82. The average Bonchev–Trinajstić information content (AvgIpc) is 2.95. The molecule has 2 aromatic carbocycles. The Morgan fingerprint density at radius 2 is 2.00 bits per heavy atom. The number of carbonyl (C=O) groups is 1. The Balaban J connectivity index is 1.98. The van der Waals surface area contributed by atoms with Gasteiger partial charge in [-0.15, -0.1) is 0 Å². The number of hydrogen-bond acceptors (Lipinski definition) is 5. The van der Waals surface area contributed by atoms with E-state index in [1.807, 2.05) is 37.3 Å². The lowest BCUT2D eigenvalue weighted by molar-refractivity contribution is -0.122. The molecule has 0 unspecified atom stereocenters. The first-order valence-electron chi connectivity index (χ1n) is 9.39. The van der Waals surface area contributed by atoms with E-state index in [1.54, 1.807) is 23.1 Å². The van der Waals surface area contributed by atoms with E-state index < -0.39 is 0 Å². The number of aromatic hydroxyl groups is 1. The molecule has 0 aliphatic carbocycles. The number of amidine groups is 1. The number of ether oxygens (including phenoxy) is 1. The maximum Gasteiger partial charge on any atom is 0.266 e.